The minimum atomic E-state index is -0.747. The van der Waals surface area contributed by atoms with Crippen molar-refractivity contribution >= 4 is 75.7 Å². The molecule has 3 aromatic carbocycles. The summed E-state index contributed by atoms with van der Waals surface area (Å²) in [6.07, 6.45) is 0.0495. The number of esters is 1. The number of nitrogens with one attached hydrogen (secondary N) is 1. The number of rotatable bonds is 7. The predicted molar refractivity (Wildman–Crippen MR) is 139 cm³/mol. The zero-order chi connectivity index (χ0) is 25.8. The number of halogens is 2. The molecule has 1 atom stereocenters. The molecule has 0 spiro atoms. The number of thioether (sulfide) groups is 1. The van der Waals surface area contributed by atoms with Gasteiger partial charge in [0.15, 0.2) is 6.61 Å². The van der Waals surface area contributed by atoms with E-state index in [1.807, 2.05) is 6.07 Å². The van der Waals surface area contributed by atoms with Gasteiger partial charge < -0.3 is 15.8 Å². The Balaban J connectivity index is 1.35. The monoisotopic (exact) mass is 543 g/mol. The van der Waals surface area contributed by atoms with E-state index in [1.165, 1.54) is 48.2 Å². The number of hydrogen-bond acceptors (Lipinski definition) is 7. The Morgan fingerprint density at radius 3 is 2.53 bits per heavy atom. The summed E-state index contributed by atoms with van der Waals surface area (Å²) >= 11 is 13.2. The van der Waals surface area contributed by atoms with E-state index >= 15 is 0 Å². The first-order valence-electron chi connectivity index (χ1n) is 10.6. The van der Waals surface area contributed by atoms with Crippen molar-refractivity contribution in [2.75, 3.05) is 22.6 Å². The van der Waals surface area contributed by atoms with Gasteiger partial charge >= 0.3 is 5.97 Å². The second-order valence-corrected chi connectivity index (χ2v) is 9.87. The molecule has 11 heteroatoms. The highest BCUT2D eigenvalue weighted by atomic mass is 35.5. The zero-order valence-electron chi connectivity index (χ0n) is 18.6. The van der Waals surface area contributed by atoms with Gasteiger partial charge in [-0.05, 0) is 60.7 Å². The van der Waals surface area contributed by atoms with Crippen LogP contribution in [0.1, 0.15) is 16.8 Å². The fraction of sp³-hybridized carbons (Fsp3) is 0.120. The molecule has 0 saturated carbocycles. The molecule has 1 heterocycles. The van der Waals surface area contributed by atoms with Crippen LogP contribution in [0.5, 0.6) is 0 Å². The van der Waals surface area contributed by atoms with Crippen molar-refractivity contribution in [1.29, 1.82) is 0 Å². The highest BCUT2D eigenvalue weighted by molar-refractivity contribution is 8.00. The van der Waals surface area contributed by atoms with Crippen LogP contribution < -0.4 is 16.0 Å². The number of carbonyl (C=O) groups is 4. The number of nitrogens with two attached hydrogens (primary N) is 1. The first kappa shape index (κ1) is 25.6. The van der Waals surface area contributed by atoms with Gasteiger partial charge in [-0.3, -0.25) is 14.4 Å². The average Bonchev–Trinajstić information content (AvgIpc) is 3.12. The number of amides is 3. The van der Waals surface area contributed by atoms with Crippen molar-refractivity contribution in [3.8, 4) is 0 Å². The Kier molecular flexibility index (Phi) is 7.83. The molecule has 1 unspecified atom stereocenters. The molecular weight excluding hydrogens is 525 g/mol. The Labute approximate surface area is 220 Å². The molecule has 1 fully saturated rings. The maximum Gasteiger partial charge on any atom is 0.338 e. The van der Waals surface area contributed by atoms with Crippen molar-refractivity contribution in [3.63, 3.8) is 0 Å². The van der Waals surface area contributed by atoms with Crippen LogP contribution in [0.2, 0.25) is 10.0 Å². The number of carbonyl (C=O) groups excluding carboxylic acids is 4. The van der Waals surface area contributed by atoms with Crippen molar-refractivity contribution in [2.45, 2.75) is 16.6 Å². The first-order valence-corrected chi connectivity index (χ1v) is 12.3. The van der Waals surface area contributed by atoms with Gasteiger partial charge in [0.1, 0.15) is 0 Å². The van der Waals surface area contributed by atoms with E-state index in [1.54, 1.807) is 24.3 Å². The van der Waals surface area contributed by atoms with Crippen LogP contribution in [0.25, 0.3) is 0 Å². The van der Waals surface area contributed by atoms with Crippen LogP contribution in [-0.2, 0) is 19.1 Å². The number of anilines is 3. The Bertz CT molecular complexity index is 1350. The van der Waals surface area contributed by atoms with E-state index in [0.29, 0.717) is 22.1 Å². The van der Waals surface area contributed by atoms with Crippen molar-refractivity contribution in [2.24, 2.45) is 0 Å². The molecule has 1 aliphatic heterocycles. The molecule has 3 amide bonds. The molecule has 8 nitrogen and oxygen atoms in total. The van der Waals surface area contributed by atoms with E-state index in [-0.39, 0.29) is 28.8 Å². The van der Waals surface area contributed by atoms with Crippen LogP contribution in [0.15, 0.2) is 71.6 Å². The third-order valence-corrected chi connectivity index (χ3v) is 6.88. The van der Waals surface area contributed by atoms with E-state index in [0.717, 1.165) is 9.80 Å². The lowest BCUT2D eigenvalue weighted by atomic mass is 10.2. The summed E-state index contributed by atoms with van der Waals surface area (Å²) < 4.78 is 5.04. The fourth-order valence-corrected chi connectivity index (χ4v) is 4.92. The van der Waals surface area contributed by atoms with Crippen LogP contribution in [0.3, 0.4) is 0 Å². The van der Waals surface area contributed by atoms with Crippen LogP contribution in [0.4, 0.5) is 17.1 Å². The van der Waals surface area contributed by atoms with E-state index in [2.05, 4.69) is 5.32 Å². The van der Waals surface area contributed by atoms with Gasteiger partial charge in [-0.15, -0.1) is 11.8 Å². The summed E-state index contributed by atoms with van der Waals surface area (Å²) in [5.74, 6) is -2.03. The third kappa shape index (κ3) is 5.99. The lowest BCUT2D eigenvalue weighted by Crippen LogP contribution is -2.31. The summed E-state index contributed by atoms with van der Waals surface area (Å²) in [5, 5.41) is 2.61. The molecule has 1 aliphatic rings. The maximum absolute atomic E-state index is 12.9. The second-order valence-electron chi connectivity index (χ2n) is 7.75. The van der Waals surface area contributed by atoms with Crippen LogP contribution in [-0.4, -0.2) is 35.5 Å². The molecule has 1 saturated heterocycles. The van der Waals surface area contributed by atoms with Gasteiger partial charge in [0.05, 0.1) is 27.2 Å². The molecule has 0 aromatic heterocycles. The number of nitrogens with zero attached hydrogens (tertiary/aromatic N) is 1. The summed E-state index contributed by atoms with van der Waals surface area (Å²) in [4.78, 5) is 51.8. The van der Waals surface area contributed by atoms with Gasteiger partial charge in [-0.1, -0.05) is 29.3 Å². The number of imide groups is 1. The maximum atomic E-state index is 12.9. The smallest absolute Gasteiger partial charge is 0.338 e. The quantitative estimate of drug-likeness (QED) is 0.249. The lowest BCUT2D eigenvalue weighted by molar-refractivity contribution is -0.121. The van der Waals surface area contributed by atoms with E-state index in [4.69, 9.17) is 33.7 Å². The second kappa shape index (κ2) is 11.0. The SMILES string of the molecule is Nc1cccc(SC2CC(=O)N(c3ccc(C(=O)OCC(=O)Nc4cc(Cl)ccc4Cl)cc3)C2=O)c1. The predicted octanol–water partition coefficient (Wildman–Crippen LogP) is 4.80. The zero-order valence-corrected chi connectivity index (χ0v) is 20.9. The van der Waals surface area contributed by atoms with Crippen molar-refractivity contribution in [1.82, 2.24) is 0 Å². The Morgan fingerprint density at radius 1 is 1.06 bits per heavy atom. The fourth-order valence-electron chi connectivity index (χ4n) is 3.46. The van der Waals surface area contributed by atoms with Gasteiger partial charge in [-0.25, -0.2) is 9.69 Å². The summed E-state index contributed by atoms with van der Waals surface area (Å²) in [6.45, 7) is -0.546. The minimum absolute atomic E-state index is 0.0495. The molecule has 0 aliphatic carbocycles. The summed E-state index contributed by atoms with van der Waals surface area (Å²) in [7, 11) is 0. The molecular formula is C25H19Cl2N3O5S. The van der Waals surface area contributed by atoms with Gasteiger partial charge in [0.2, 0.25) is 11.8 Å². The summed E-state index contributed by atoms with van der Waals surface area (Å²) in [6, 6.07) is 17.5. The van der Waals surface area contributed by atoms with Crippen LogP contribution in [0, 0.1) is 0 Å². The highest BCUT2D eigenvalue weighted by Gasteiger charge is 2.40. The molecule has 0 bridgehead atoms. The largest absolute Gasteiger partial charge is 0.452 e. The number of ether oxygens (including phenoxy) is 1. The molecule has 0 radical (unpaired) electrons. The molecule has 184 valence electrons. The van der Waals surface area contributed by atoms with Gasteiger partial charge in [0, 0.05) is 22.0 Å². The Morgan fingerprint density at radius 2 is 1.81 bits per heavy atom. The normalized spacial score (nSPS) is 15.2. The molecule has 4 rings (SSSR count). The van der Waals surface area contributed by atoms with E-state index < -0.39 is 23.7 Å². The lowest BCUT2D eigenvalue weighted by Gasteiger charge is -2.15. The topological polar surface area (TPSA) is 119 Å². The van der Waals surface area contributed by atoms with Crippen LogP contribution >= 0.6 is 35.0 Å². The number of nitrogen functional groups attached to an aromatic ring is 1. The highest BCUT2D eigenvalue weighted by Crippen LogP contribution is 2.34. The first-order chi connectivity index (χ1) is 17.2. The minimum Gasteiger partial charge on any atom is -0.452 e. The van der Waals surface area contributed by atoms with Crippen molar-refractivity contribution in [3.05, 3.63) is 82.3 Å². The number of benzene rings is 3. The third-order valence-electron chi connectivity index (χ3n) is 5.14. The standard InChI is InChI=1S/C25H19Cl2N3O5S/c26-15-6-9-19(27)20(10-15)29-22(31)13-35-25(34)14-4-7-17(8-5-14)30-23(32)12-21(24(30)33)36-18-3-1-2-16(28)11-18/h1-11,21H,12-13,28H2,(H,29,31). The van der Waals surface area contributed by atoms with Gasteiger partial charge in [0.25, 0.3) is 5.91 Å². The molecule has 36 heavy (non-hydrogen) atoms. The van der Waals surface area contributed by atoms with Gasteiger partial charge in [-0.2, -0.15) is 0 Å². The molecule has 3 aromatic rings. The summed E-state index contributed by atoms with van der Waals surface area (Å²) in [5.41, 5.74) is 7.14. The average molecular weight is 544 g/mol. The molecule has 3 N–H and O–H groups in total. The van der Waals surface area contributed by atoms with Crippen molar-refractivity contribution < 1.29 is 23.9 Å². The van der Waals surface area contributed by atoms with E-state index in [9.17, 15) is 19.2 Å². The number of hydrogen-bond donors (Lipinski definition) is 2. The Hall–Kier alpha value is -3.53.